The van der Waals surface area contributed by atoms with Gasteiger partial charge in [-0.3, -0.25) is 9.36 Å². The second kappa shape index (κ2) is 5.31. The van der Waals surface area contributed by atoms with Crippen molar-refractivity contribution in [3.8, 4) is 5.69 Å². The lowest BCUT2D eigenvalue weighted by molar-refractivity contribution is 0.0694. The summed E-state index contributed by atoms with van der Waals surface area (Å²) in [7, 11) is 0. The van der Waals surface area contributed by atoms with Crippen molar-refractivity contribution in [1.82, 2.24) is 4.57 Å². The van der Waals surface area contributed by atoms with Crippen LogP contribution in [0.15, 0.2) is 29.1 Å². The van der Waals surface area contributed by atoms with Gasteiger partial charge in [0.25, 0.3) is 5.56 Å². The molecular weight excluding hydrogens is 301 g/mol. The Morgan fingerprint density at radius 2 is 1.65 bits per heavy atom. The number of hydrogen-bond acceptors (Lipinski definition) is 2. The summed E-state index contributed by atoms with van der Waals surface area (Å²) in [4.78, 5) is 23.4. The third kappa shape index (κ3) is 2.57. The Morgan fingerprint density at radius 1 is 1.10 bits per heavy atom. The number of carbonyl (C=O) groups is 1. The first-order valence-corrected chi connectivity index (χ1v) is 6.50. The Balaban J connectivity index is 2.84. The van der Waals surface area contributed by atoms with Crippen LogP contribution in [0.5, 0.6) is 0 Å². The number of benzene rings is 1. The maximum atomic E-state index is 12.1. The Kier molecular flexibility index (Phi) is 3.88. The molecule has 0 fully saturated rings. The molecule has 0 aliphatic heterocycles. The minimum atomic E-state index is -1.08. The van der Waals surface area contributed by atoms with E-state index in [0.717, 1.165) is 0 Å². The van der Waals surface area contributed by atoms with E-state index < -0.39 is 5.97 Å². The highest BCUT2D eigenvalue weighted by molar-refractivity contribution is 6.34. The Hall–Kier alpha value is -1.78. The number of rotatable bonds is 2. The van der Waals surface area contributed by atoms with Gasteiger partial charge in [-0.2, -0.15) is 0 Å². The Bertz CT molecular complexity index is 745. The molecule has 0 spiro atoms. The van der Waals surface area contributed by atoms with Crippen molar-refractivity contribution < 1.29 is 9.90 Å². The third-order valence-corrected chi connectivity index (χ3v) is 3.41. The van der Waals surface area contributed by atoms with E-state index in [1.54, 1.807) is 32.0 Å². The molecule has 20 heavy (non-hydrogen) atoms. The van der Waals surface area contributed by atoms with Crippen molar-refractivity contribution in [2.24, 2.45) is 0 Å². The SMILES string of the molecule is Cc1cc(=O)n(-c2cc(Cl)cc(Cl)c2)c(C)c1C(=O)O. The fourth-order valence-corrected chi connectivity index (χ4v) is 2.71. The van der Waals surface area contributed by atoms with Crippen LogP contribution in [-0.2, 0) is 0 Å². The van der Waals surface area contributed by atoms with E-state index in [-0.39, 0.29) is 11.1 Å². The van der Waals surface area contributed by atoms with E-state index in [1.165, 1.54) is 10.6 Å². The van der Waals surface area contributed by atoms with E-state index in [9.17, 15) is 14.7 Å². The van der Waals surface area contributed by atoms with E-state index in [1.807, 2.05) is 0 Å². The minimum Gasteiger partial charge on any atom is -0.478 e. The molecular formula is C14H11Cl2NO3. The zero-order chi connectivity index (χ0) is 15.0. The molecule has 0 unspecified atom stereocenters. The quantitative estimate of drug-likeness (QED) is 0.924. The molecule has 0 bridgehead atoms. The molecule has 0 aliphatic carbocycles. The van der Waals surface area contributed by atoms with Crippen molar-refractivity contribution in [1.29, 1.82) is 0 Å². The predicted octanol–water partition coefficient (Wildman–Crippen LogP) is 3.46. The van der Waals surface area contributed by atoms with E-state index in [2.05, 4.69) is 0 Å². The summed E-state index contributed by atoms with van der Waals surface area (Å²) in [5.74, 6) is -1.08. The highest BCUT2D eigenvalue weighted by Gasteiger charge is 2.17. The molecule has 1 aromatic carbocycles. The highest BCUT2D eigenvalue weighted by Crippen LogP contribution is 2.23. The molecule has 1 N–H and O–H groups in total. The number of halogens is 2. The van der Waals surface area contributed by atoms with Gasteiger partial charge in [-0.25, -0.2) is 4.79 Å². The molecule has 0 saturated heterocycles. The van der Waals surface area contributed by atoms with Crippen LogP contribution >= 0.6 is 23.2 Å². The largest absolute Gasteiger partial charge is 0.478 e. The maximum Gasteiger partial charge on any atom is 0.337 e. The monoisotopic (exact) mass is 311 g/mol. The van der Waals surface area contributed by atoms with Gasteiger partial charge in [-0.1, -0.05) is 23.2 Å². The molecule has 0 atom stereocenters. The Labute approximate surface area is 125 Å². The number of hydrogen-bond donors (Lipinski definition) is 1. The average Bonchev–Trinajstić information content (AvgIpc) is 2.25. The van der Waals surface area contributed by atoms with Crippen LogP contribution < -0.4 is 5.56 Å². The molecule has 104 valence electrons. The summed E-state index contributed by atoms with van der Waals surface area (Å²) in [5, 5.41) is 9.99. The second-order valence-corrected chi connectivity index (χ2v) is 5.27. The zero-order valence-electron chi connectivity index (χ0n) is 10.8. The molecule has 1 aromatic heterocycles. The van der Waals surface area contributed by atoms with Crippen LogP contribution in [0, 0.1) is 13.8 Å². The maximum absolute atomic E-state index is 12.1. The van der Waals surface area contributed by atoms with Crippen LogP contribution in [0.2, 0.25) is 10.0 Å². The topological polar surface area (TPSA) is 59.3 Å². The molecule has 2 rings (SSSR count). The van der Waals surface area contributed by atoms with Gasteiger partial charge < -0.3 is 5.11 Å². The third-order valence-electron chi connectivity index (χ3n) is 2.97. The van der Waals surface area contributed by atoms with Crippen LogP contribution in [0.25, 0.3) is 5.69 Å². The molecule has 0 aliphatic rings. The molecule has 6 heteroatoms. The van der Waals surface area contributed by atoms with Gasteiger partial charge in [0.15, 0.2) is 0 Å². The van der Waals surface area contributed by atoms with Gasteiger partial charge in [-0.05, 0) is 37.6 Å². The molecule has 1 heterocycles. The van der Waals surface area contributed by atoms with Crippen molar-refractivity contribution in [3.63, 3.8) is 0 Å². The van der Waals surface area contributed by atoms with Crippen molar-refractivity contribution in [2.75, 3.05) is 0 Å². The average molecular weight is 312 g/mol. The number of carboxylic acid groups (broad SMARTS) is 1. The molecule has 4 nitrogen and oxygen atoms in total. The van der Waals surface area contributed by atoms with Crippen molar-refractivity contribution in [2.45, 2.75) is 13.8 Å². The highest BCUT2D eigenvalue weighted by atomic mass is 35.5. The summed E-state index contributed by atoms with van der Waals surface area (Å²) < 4.78 is 1.29. The lowest BCUT2D eigenvalue weighted by atomic mass is 10.1. The summed E-state index contributed by atoms with van der Waals surface area (Å²) in [5.41, 5.74) is 0.960. The number of aryl methyl sites for hydroxylation is 1. The van der Waals surface area contributed by atoms with Crippen molar-refractivity contribution >= 4 is 29.2 Å². The van der Waals surface area contributed by atoms with Gasteiger partial charge in [0.1, 0.15) is 0 Å². The normalized spacial score (nSPS) is 10.6. The lowest BCUT2D eigenvalue weighted by Crippen LogP contribution is -2.24. The molecule has 0 amide bonds. The van der Waals surface area contributed by atoms with Gasteiger partial charge in [-0.15, -0.1) is 0 Å². The van der Waals surface area contributed by atoms with Gasteiger partial charge in [0, 0.05) is 21.8 Å². The Morgan fingerprint density at radius 3 is 2.15 bits per heavy atom. The van der Waals surface area contributed by atoms with Crippen LogP contribution in [0.3, 0.4) is 0 Å². The summed E-state index contributed by atoms with van der Waals surface area (Å²) in [6.45, 7) is 3.17. The first-order valence-electron chi connectivity index (χ1n) is 5.74. The van der Waals surface area contributed by atoms with Crippen LogP contribution in [0.4, 0.5) is 0 Å². The van der Waals surface area contributed by atoms with Gasteiger partial charge in [0.05, 0.1) is 11.3 Å². The molecule has 2 aromatic rings. The number of aromatic carboxylic acids is 1. The number of carboxylic acids is 1. The zero-order valence-corrected chi connectivity index (χ0v) is 12.3. The first-order chi connectivity index (χ1) is 9.31. The van der Waals surface area contributed by atoms with Gasteiger partial charge >= 0.3 is 5.97 Å². The summed E-state index contributed by atoms with van der Waals surface area (Å²) in [6, 6.07) is 5.94. The summed E-state index contributed by atoms with van der Waals surface area (Å²) >= 11 is 11.8. The second-order valence-electron chi connectivity index (χ2n) is 4.39. The van der Waals surface area contributed by atoms with Crippen molar-refractivity contribution in [3.05, 3.63) is 61.5 Å². The molecule has 0 saturated carbocycles. The van der Waals surface area contributed by atoms with Gasteiger partial charge in [0.2, 0.25) is 0 Å². The first kappa shape index (κ1) is 14.6. The van der Waals surface area contributed by atoms with Crippen LogP contribution in [0.1, 0.15) is 21.6 Å². The smallest absolute Gasteiger partial charge is 0.337 e. The molecule has 0 radical (unpaired) electrons. The summed E-state index contributed by atoms with van der Waals surface area (Å²) in [6.07, 6.45) is 0. The fraction of sp³-hybridized carbons (Fsp3) is 0.143. The van der Waals surface area contributed by atoms with E-state index in [4.69, 9.17) is 23.2 Å². The van der Waals surface area contributed by atoms with E-state index >= 15 is 0 Å². The fourth-order valence-electron chi connectivity index (χ4n) is 2.20. The minimum absolute atomic E-state index is 0.0979. The number of nitrogens with zero attached hydrogens (tertiary/aromatic N) is 1. The predicted molar refractivity (Wildman–Crippen MR) is 78.5 cm³/mol. The standard InChI is InChI=1S/C14H11Cl2NO3/c1-7-3-12(18)17(8(2)13(7)14(19)20)11-5-9(15)4-10(16)6-11/h3-6H,1-2H3,(H,19,20). The van der Waals surface area contributed by atoms with E-state index in [0.29, 0.717) is 27.0 Å². The van der Waals surface area contributed by atoms with Crippen LogP contribution in [-0.4, -0.2) is 15.6 Å². The number of aromatic nitrogens is 1. The lowest BCUT2D eigenvalue weighted by Gasteiger charge is -2.14. The number of pyridine rings is 1.